The fourth-order valence-electron chi connectivity index (χ4n) is 2.12. The monoisotopic (exact) mass is 302 g/mol. The van der Waals surface area contributed by atoms with E-state index < -0.39 is 6.10 Å². The van der Waals surface area contributed by atoms with Gasteiger partial charge in [0, 0.05) is 4.88 Å². The van der Waals surface area contributed by atoms with Gasteiger partial charge < -0.3 is 10.2 Å². The third kappa shape index (κ3) is 2.73. The van der Waals surface area contributed by atoms with E-state index in [1.807, 2.05) is 36.4 Å². The van der Waals surface area contributed by atoms with Crippen LogP contribution in [0.2, 0.25) is 0 Å². The number of aliphatic hydroxyl groups is 2. The fourth-order valence-corrected chi connectivity index (χ4v) is 3.11. The molecule has 6 heteroatoms. The molecule has 0 spiro atoms. The van der Waals surface area contributed by atoms with Gasteiger partial charge >= 0.3 is 0 Å². The summed E-state index contributed by atoms with van der Waals surface area (Å²) in [7, 11) is 0. The summed E-state index contributed by atoms with van der Waals surface area (Å²) >= 11 is 1.46. The zero-order valence-corrected chi connectivity index (χ0v) is 12.0. The SMILES string of the molecule is O=c1c2cc(-c3ccccc3)sc2ncn1C[C@H](O)CO. The van der Waals surface area contributed by atoms with E-state index in [-0.39, 0.29) is 18.7 Å². The minimum Gasteiger partial charge on any atom is -0.394 e. The van der Waals surface area contributed by atoms with Crippen LogP contribution in [0.4, 0.5) is 0 Å². The summed E-state index contributed by atoms with van der Waals surface area (Å²) in [5.41, 5.74) is 0.841. The minimum absolute atomic E-state index is 0.0365. The maximum Gasteiger partial charge on any atom is 0.262 e. The summed E-state index contributed by atoms with van der Waals surface area (Å²) < 4.78 is 1.32. The lowest BCUT2D eigenvalue weighted by molar-refractivity contribution is 0.0803. The van der Waals surface area contributed by atoms with Gasteiger partial charge in [-0.2, -0.15) is 0 Å². The molecule has 0 fully saturated rings. The molecule has 21 heavy (non-hydrogen) atoms. The van der Waals surface area contributed by atoms with Crippen LogP contribution in [0, 0.1) is 0 Å². The van der Waals surface area contributed by atoms with Crippen LogP contribution in [0.5, 0.6) is 0 Å². The first-order valence-electron chi connectivity index (χ1n) is 6.52. The summed E-state index contributed by atoms with van der Waals surface area (Å²) in [5.74, 6) is 0. The van der Waals surface area contributed by atoms with E-state index in [2.05, 4.69) is 4.98 Å². The predicted octanol–water partition coefficient (Wildman–Crippen LogP) is 1.48. The Labute approximate surface area is 124 Å². The number of hydrogen-bond acceptors (Lipinski definition) is 5. The van der Waals surface area contributed by atoms with E-state index in [1.165, 1.54) is 22.2 Å². The molecule has 0 unspecified atom stereocenters. The molecule has 3 aromatic rings. The van der Waals surface area contributed by atoms with Gasteiger partial charge in [-0.15, -0.1) is 11.3 Å². The normalized spacial score (nSPS) is 12.7. The molecule has 5 nitrogen and oxygen atoms in total. The first-order valence-corrected chi connectivity index (χ1v) is 7.34. The van der Waals surface area contributed by atoms with Gasteiger partial charge in [-0.1, -0.05) is 30.3 Å². The van der Waals surface area contributed by atoms with Crippen molar-refractivity contribution in [2.75, 3.05) is 6.61 Å². The molecule has 0 amide bonds. The molecule has 0 aliphatic heterocycles. The summed E-state index contributed by atoms with van der Waals surface area (Å²) in [6, 6.07) is 11.6. The number of rotatable bonds is 4. The molecule has 0 aliphatic carbocycles. The van der Waals surface area contributed by atoms with Crippen molar-refractivity contribution in [3.63, 3.8) is 0 Å². The lowest BCUT2D eigenvalue weighted by Crippen LogP contribution is -2.28. The number of benzene rings is 1. The molecule has 0 saturated heterocycles. The molecule has 1 aromatic carbocycles. The highest BCUT2D eigenvalue weighted by molar-refractivity contribution is 7.21. The highest BCUT2D eigenvalue weighted by Gasteiger charge is 2.12. The van der Waals surface area contributed by atoms with E-state index in [0.29, 0.717) is 10.2 Å². The molecule has 0 radical (unpaired) electrons. The Kier molecular flexibility index (Phi) is 3.83. The van der Waals surface area contributed by atoms with Crippen molar-refractivity contribution in [2.45, 2.75) is 12.6 Å². The first-order chi connectivity index (χ1) is 10.2. The zero-order valence-electron chi connectivity index (χ0n) is 11.1. The average Bonchev–Trinajstić information content (AvgIpc) is 2.96. The van der Waals surface area contributed by atoms with Gasteiger partial charge in [0.1, 0.15) is 4.83 Å². The fraction of sp³-hybridized carbons (Fsp3) is 0.200. The standard InChI is InChI=1S/C15H14N2O3S/c18-8-11(19)7-17-9-16-14-12(15(17)20)6-13(21-14)10-4-2-1-3-5-10/h1-6,9,11,18-19H,7-8H2/t11-/m0/s1. The van der Waals surface area contributed by atoms with Gasteiger partial charge in [0.05, 0.1) is 31.0 Å². The summed E-state index contributed by atoms with van der Waals surface area (Å²) in [4.78, 5) is 18.3. The molecule has 3 rings (SSSR count). The molecule has 108 valence electrons. The van der Waals surface area contributed by atoms with Crippen LogP contribution in [-0.2, 0) is 6.54 Å². The van der Waals surface area contributed by atoms with E-state index in [9.17, 15) is 9.90 Å². The first kappa shape index (κ1) is 13.9. The quantitative estimate of drug-likeness (QED) is 0.765. The van der Waals surface area contributed by atoms with Crippen molar-refractivity contribution < 1.29 is 10.2 Å². The number of thiophene rings is 1. The van der Waals surface area contributed by atoms with Crippen LogP contribution in [-0.4, -0.2) is 32.5 Å². The van der Waals surface area contributed by atoms with Crippen molar-refractivity contribution >= 4 is 21.6 Å². The Balaban J connectivity index is 2.06. The van der Waals surface area contributed by atoms with Gasteiger partial charge in [-0.05, 0) is 11.6 Å². The molecular weight excluding hydrogens is 288 g/mol. The molecule has 2 N–H and O–H groups in total. The number of fused-ring (bicyclic) bond motifs is 1. The molecule has 0 aliphatic rings. The van der Waals surface area contributed by atoms with E-state index in [1.54, 1.807) is 0 Å². The molecule has 1 atom stereocenters. The van der Waals surface area contributed by atoms with E-state index in [4.69, 9.17) is 5.11 Å². The Hall–Kier alpha value is -2.02. The van der Waals surface area contributed by atoms with Gasteiger partial charge in [0.2, 0.25) is 0 Å². The number of aromatic nitrogens is 2. The molecule has 0 saturated carbocycles. The number of hydrogen-bond donors (Lipinski definition) is 2. The number of nitrogens with zero attached hydrogens (tertiary/aromatic N) is 2. The van der Waals surface area contributed by atoms with Gasteiger partial charge in [-0.3, -0.25) is 9.36 Å². The van der Waals surface area contributed by atoms with E-state index >= 15 is 0 Å². The highest BCUT2D eigenvalue weighted by atomic mass is 32.1. The van der Waals surface area contributed by atoms with Gasteiger partial charge in [0.25, 0.3) is 5.56 Å². The van der Waals surface area contributed by atoms with Crippen LogP contribution < -0.4 is 5.56 Å². The van der Waals surface area contributed by atoms with Crippen LogP contribution >= 0.6 is 11.3 Å². The van der Waals surface area contributed by atoms with Gasteiger partial charge in [-0.25, -0.2) is 4.98 Å². The zero-order chi connectivity index (χ0) is 14.8. The van der Waals surface area contributed by atoms with Crippen LogP contribution in [0.15, 0.2) is 47.5 Å². The van der Waals surface area contributed by atoms with Crippen molar-refractivity contribution in [2.24, 2.45) is 0 Å². The van der Waals surface area contributed by atoms with Crippen molar-refractivity contribution in [1.82, 2.24) is 9.55 Å². The lowest BCUT2D eigenvalue weighted by Gasteiger charge is -2.08. The largest absolute Gasteiger partial charge is 0.394 e. The van der Waals surface area contributed by atoms with E-state index in [0.717, 1.165) is 10.4 Å². The van der Waals surface area contributed by atoms with Crippen LogP contribution in [0.3, 0.4) is 0 Å². The molecule has 0 bridgehead atoms. The van der Waals surface area contributed by atoms with Crippen molar-refractivity contribution in [3.8, 4) is 10.4 Å². The second-order valence-electron chi connectivity index (χ2n) is 4.73. The lowest BCUT2D eigenvalue weighted by atomic mass is 10.2. The smallest absolute Gasteiger partial charge is 0.262 e. The summed E-state index contributed by atoms with van der Waals surface area (Å²) in [6.45, 7) is -0.349. The minimum atomic E-state index is -0.964. The summed E-state index contributed by atoms with van der Waals surface area (Å²) in [6.07, 6.45) is 0.448. The maximum absolute atomic E-state index is 12.4. The van der Waals surface area contributed by atoms with Gasteiger partial charge in [0.15, 0.2) is 0 Å². The Morgan fingerprint density at radius 3 is 2.76 bits per heavy atom. The number of aliphatic hydroxyl groups excluding tert-OH is 2. The van der Waals surface area contributed by atoms with Crippen molar-refractivity contribution in [3.05, 3.63) is 53.1 Å². The maximum atomic E-state index is 12.4. The van der Waals surface area contributed by atoms with Crippen LogP contribution in [0.1, 0.15) is 0 Å². The Morgan fingerprint density at radius 2 is 2.05 bits per heavy atom. The second kappa shape index (κ2) is 5.77. The highest BCUT2D eigenvalue weighted by Crippen LogP contribution is 2.30. The van der Waals surface area contributed by atoms with Crippen molar-refractivity contribution in [1.29, 1.82) is 0 Å². The Bertz CT molecular complexity index is 811. The molecular formula is C15H14N2O3S. The van der Waals surface area contributed by atoms with Crippen LogP contribution in [0.25, 0.3) is 20.7 Å². The Morgan fingerprint density at radius 1 is 1.29 bits per heavy atom. The average molecular weight is 302 g/mol. The third-order valence-electron chi connectivity index (χ3n) is 3.19. The molecule has 2 aromatic heterocycles. The molecule has 2 heterocycles. The second-order valence-corrected chi connectivity index (χ2v) is 5.76. The topological polar surface area (TPSA) is 75.4 Å². The predicted molar refractivity (Wildman–Crippen MR) is 82.4 cm³/mol. The summed E-state index contributed by atoms with van der Waals surface area (Å²) in [5, 5.41) is 18.9. The third-order valence-corrected chi connectivity index (χ3v) is 4.29.